The van der Waals surface area contributed by atoms with Gasteiger partial charge in [-0.2, -0.15) is 0 Å². The van der Waals surface area contributed by atoms with Gasteiger partial charge in [0.1, 0.15) is 0 Å². The minimum Gasteiger partial charge on any atom is -0.244 e. The Morgan fingerprint density at radius 3 is 2.14 bits per heavy atom. The van der Waals surface area contributed by atoms with Crippen LogP contribution in [0.3, 0.4) is 0 Å². The van der Waals surface area contributed by atoms with Crippen molar-refractivity contribution in [2.75, 3.05) is 6.26 Å². The fourth-order valence-electron chi connectivity index (χ4n) is 2.27. The van der Waals surface area contributed by atoms with E-state index in [0.717, 1.165) is 16.7 Å². The molecular weight excluding hydrogens is 278 g/mol. The summed E-state index contributed by atoms with van der Waals surface area (Å²) in [6.07, 6.45) is 1.62. The zero-order chi connectivity index (χ0) is 15.5. The Bertz CT molecular complexity index is 810. The summed E-state index contributed by atoms with van der Waals surface area (Å²) < 4.78 is 16.6. The molecule has 0 spiro atoms. The molecule has 0 saturated heterocycles. The van der Waals surface area contributed by atoms with Gasteiger partial charge in [-0.1, -0.05) is 35.9 Å². The lowest BCUT2D eigenvalue weighted by Crippen LogP contribution is -1.96. The zero-order valence-electron chi connectivity index (χ0n) is 12.8. The van der Waals surface area contributed by atoms with Crippen LogP contribution in [0, 0.1) is 32.7 Å². The quantitative estimate of drug-likeness (QED) is 0.729. The molecule has 1 unspecified atom stereocenters. The van der Waals surface area contributed by atoms with E-state index in [1.54, 1.807) is 6.26 Å². The summed E-state index contributed by atoms with van der Waals surface area (Å²) in [5.41, 5.74) is 4.43. The van der Waals surface area contributed by atoms with Gasteiger partial charge in [0.15, 0.2) is 0 Å². The van der Waals surface area contributed by atoms with Crippen molar-refractivity contribution in [2.45, 2.75) is 25.7 Å². The van der Waals surface area contributed by atoms with Crippen molar-refractivity contribution >= 4 is 9.73 Å². The number of hydrogen-bond acceptors (Lipinski definition) is 2. The molecule has 0 amide bonds. The number of benzene rings is 2. The van der Waals surface area contributed by atoms with Gasteiger partial charge in [-0.05, 0) is 50.0 Å². The molecule has 0 heterocycles. The van der Waals surface area contributed by atoms with Crippen LogP contribution in [-0.2, 0) is 9.73 Å². The van der Waals surface area contributed by atoms with Crippen LogP contribution in [0.2, 0.25) is 0 Å². The van der Waals surface area contributed by atoms with E-state index >= 15 is 0 Å². The lowest BCUT2D eigenvalue weighted by atomic mass is 10.0. The third kappa shape index (κ3) is 3.74. The fourth-order valence-corrected chi connectivity index (χ4v) is 3.26. The first kappa shape index (κ1) is 15.3. The smallest absolute Gasteiger partial charge is 0.0854 e. The summed E-state index contributed by atoms with van der Waals surface area (Å²) in [7, 11) is -2.46. The van der Waals surface area contributed by atoms with Gasteiger partial charge < -0.3 is 0 Å². The van der Waals surface area contributed by atoms with Gasteiger partial charge in [-0.25, -0.2) is 4.21 Å². The highest BCUT2D eigenvalue weighted by Gasteiger charge is 2.03. The normalized spacial score (nSPS) is 13.0. The summed E-state index contributed by atoms with van der Waals surface area (Å²) in [4.78, 5) is 0.705. The van der Waals surface area contributed by atoms with E-state index in [1.165, 1.54) is 5.56 Å². The van der Waals surface area contributed by atoms with Crippen LogP contribution in [0.25, 0.3) is 0 Å². The summed E-state index contributed by atoms with van der Waals surface area (Å²) >= 11 is 0. The average molecular weight is 297 g/mol. The van der Waals surface area contributed by atoms with Gasteiger partial charge in [-0.15, -0.1) is 4.36 Å². The summed E-state index contributed by atoms with van der Waals surface area (Å²) in [6, 6.07) is 16.2. The molecule has 0 aliphatic rings. The maximum Gasteiger partial charge on any atom is 0.0854 e. The maximum absolute atomic E-state index is 12.5. The molecule has 0 aromatic heterocycles. The highest BCUT2D eigenvalue weighted by molar-refractivity contribution is 7.93. The van der Waals surface area contributed by atoms with Crippen molar-refractivity contribution in [1.82, 2.24) is 0 Å². The molecule has 2 nitrogen and oxygen atoms in total. The molecule has 108 valence electrons. The molecule has 3 heteroatoms. The highest BCUT2D eigenvalue weighted by atomic mass is 32.2. The Balaban J connectivity index is 2.41. The van der Waals surface area contributed by atoms with Gasteiger partial charge in [0, 0.05) is 22.8 Å². The Kier molecular flexibility index (Phi) is 4.50. The van der Waals surface area contributed by atoms with Gasteiger partial charge >= 0.3 is 0 Å². The van der Waals surface area contributed by atoms with Gasteiger partial charge in [0.05, 0.1) is 9.73 Å². The Hall–Kier alpha value is -2.05. The molecule has 2 aromatic carbocycles. The Morgan fingerprint density at radius 2 is 1.57 bits per heavy atom. The molecule has 0 fully saturated rings. The lowest BCUT2D eigenvalue weighted by molar-refractivity contribution is 0.681. The number of rotatable bonds is 1. The molecular formula is C18H19NOS. The molecule has 0 aliphatic carbocycles. The topological polar surface area (TPSA) is 29.4 Å². The molecule has 2 rings (SSSR count). The first-order valence-electron chi connectivity index (χ1n) is 6.75. The Morgan fingerprint density at radius 1 is 1.00 bits per heavy atom. The first-order chi connectivity index (χ1) is 9.90. The largest absolute Gasteiger partial charge is 0.244 e. The molecule has 0 radical (unpaired) electrons. The van der Waals surface area contributed by atoms with E-state index in [4.69, 9.17) is 0 Å². The third-order valence-corrected chi connectivity index (χ3v) is 4.84. The average Bonchev–Trinajstić information content (AvgIpc) is 2.42. The molecule has 0 N–H and O–H groups in total. The number of hydrogen-bond donors (Lipinski definition) is 0. The zero-order valence-corrected chi connectivity index (χ0v) is 13.6. The van der Waals surface area contributed by atoms with Crippen molar-refractivity contribution in [2.24, 2.45) is 4.36 Å². The standard InChI is InChI=1S/C18H19NOS/c1-14-12-15(2)18(16(3)13-14)10-11-19-21(4,20)17-8-6-5-7-9-17/h5-9,12-13H,1-4H3. The van der Waals surface area contributed by atoms with Crippen LogP contribution < -0.4 is 0 Å². The van der Waals surface area contributed by atoms with E-state index in [2.05, 4.69) is 35.4 Å². The monoisotopic (exact) mass is 297 g/mol. The van der Waals surface area contributed by atoms with Crippen molar-refractivity contribution < 1.29 is 4.21 Å². The number of aryl methyl sites for hydroxylation is 3. The number of nitrogens with zero attached hydrogens (tertiary/aromatic N) is 1. The van der Waals surface area contributed by atoms with Crippen LogP contribution in [0.15, 0.2) is 51.7 Å². The van der Waals surface area contributed by atoms with E-state index in [1.807, 2.05) is 44.2 Å². The van der Waals surface area contributed by atoms with Crippen LogP contribution in [0.1, 0.15) is 22.3 Å². The van der Waals surface area contributed by atoms with E-state index in [9.17, 15) is 4.21 Å². The van der Waals surface area contributed by atoms with E-state index < -0.39 is 9.73 Å². The molecule has 2 aromatic rings. The van der Waals surface area contributed by atoms with Gasteiger partial charge in [0.2, 0.25) is 0 Å². The summed E-state index contributed by atoms with van der Waals surface area (Å²) in [6.45, 7) is 6.13. The molecule has 0 aliphatic heterocycles. The SMILES string of the molecule is Cc1cc(C)c(C#CN=S(C)(=O)c2ccccc2)c(C)c1. The van der Waals surface area contributed by atoms with Crippen LogP contribution in [-0.4, -0.2) is 10.5 Å². The maximum atomic E-state index is 12.5. The van der Waals surface area contributed by atoms with E-state index in [0.29, 0.717) is 4.90 Å². The molecule has 21 heavy (non-hydrogen) atoms. The highest BCUT2D eigenvalue weighted by Crippen LogP contribution is 2.15. The molecule has 0 bridgehead atoms. The summed E-state index contributed by atoms with van der Waals surface area (Å²) in [5.74, 6) is 3.04. The third-order valence-electron chi connectivity index (χ3n) is 3.26. The minimum absolute atomic E-state index is 0.705. The summed E-state index contributed by atoms with van der Waals surface area (Å²) in [5, 5.41) is 0. The molecule has 0 saturated carbocycles. The lowest BCUT2D eigenvalue weighted by Gasteiger charge is -2.04. The minimum atomic E-state index is -2.46. The second-order valence-corrected chi connectivity index (χ2v) is 7.48. The van der Waals surface area contributed by atoms with Crippen LogP contribution in [0.4, 0.5) is 0 Å². The Labute approximate surface area is 127 Å². The second-order valence-electron chi connectivity index (χ2n) is 5.22. The molecule has 1 atom stereocenters. The van der Waals surface area contributed by atoms with Crippen molar-refractivity contribution in [3.8, 4) is 12.0 Å². The van der Waals surface area contributed by atoms with Crippen LogP contribution in [0.5, 0.6) is 0 Å². The predicted octanol–water partition coefficient (Wildman–Crippen LogP) is 4.08. The van der Waals surface area contributed by atoms with Crippen LogP contribution >= 0.6 is 0 Å². The first-order valence-corrected chi connectivity index (χ1v) is 8.67. The van der Waals surface area contributed by atoms with Gasteiger partial charge in [0.25, 0.3) is 0 Å². The van der Waals surface area contributed by atoms with Crippen molar-refractivity contribution in [1.29, 1.82) is 0 Å². The van der Waals surface area contributed by atoms with E-state index in [-0.39, 0.29) is 0 Å². The van der Waals surface area contributed by atoms with Crippen molar-refractivity contribution in [3.63, 3.8) is 0 Å². The van der Waals surface area contributed by atoms with Crippen molar-refractivity contribution in [3.05, 3.63) is 64.7 Å². The fraction of sp³-hybridized carbons (Fsp3) is 0.222. The predicted molar refractivity (Wildman–Crippen MR) is 88.7 cm³/mol. The second kappa shape index (κ2) is 6.15. The van der Waals surface area contributed by atoms with Gasteiger partial charge in [-0.3, -0.25) is 0 Å².